The van der Waals surface area contributed by atoms with Crippen LogP contribution in [-0.4, -0.2) is 40.7 Å². The topological polar surface area (TPSA) is 75.6 Å². The van der Waals surface area contributed by atoms with Crippen molar-refractivity contribution in [1.82, 2.24) is 9.97 Å². The molecule has 4 rings (SSSR count). The zero-order chi connectivity index (χ0) is 25.9. The molecule has 0 atom stereocenters. The van der Waals surface area contributed by atoms with E-state index in [2.05, 4.69) is 28.7 Å². The highest BCUT2D eigenvalue weighted by Crippen LogP contribution is 2.40. The summed E-state index contributed by atoms with van der Waals surface area (Å²) in [4.78, 5) is 22.5. The lowest BCUT2D eigenvalue weighted by Crippen LogP contribution is -2.38. The summed E-state index contributed by atoms with van der Waals surface area (Å²) >= 11 is 0. The minimum atomic E-state index is -0.943. The zero-order valence-electron chi connectivity index (χ0n) is 20.9. The first-order valence-electron chi connectivity index (χ1n) is 12.1. The summed E-state index contributed by atoms with van der Waals surface area (Å²) < 4.78 is 33.9. The average Bonchev–Trinajstić information content (AvgIpc) is 2.81. The van der Waals surface area contributed by atoms with Gasteiger partial charge in [0.25, 0.3) is 0 Å². The lowest BCUT2D eigenvalue weighted by Gasteiger charge is -2.40. The number of carboxylic acids is 1. The maximum Gasteiger partial charge on any atom is 0.307 e. The molecule has 0 radical (unpaired) electrons. The molecule has 2 aromatic heterocycles. The van der Waals surface area contributed by atoms with E-state index in [-0.39, 0.29) is 30.1 Å². The summed E-state index contributed by atoms with van der Waals surface area (Å²) in [7, 11) is 0. The molecule has 190 valence electrons. The van der Waals surface area contributed by atoms with Gasteiger partial charge in [-0.2, -0.15) is 0 Å². The van der Waals surface area contributed by atoms with Gasteiger partial charge in [-0.3, -0.25) is 9.78 Å². The van der Waals surface area contributed by atoms with Gasteiger partial charge in [0, 0.05) is 54.3 Å². The van der Waals surface area contributed by atoms with Crippen molar-refractivity contribution < 1.29 is 23.4 Å². The molecule has 0 aliphatic carbocycles. The van der Waals surface area contributed by atoms with Crippen molar-refractivity contribution in [3.05, 3.63) is 71.2 Å². The number of nitrogens with zero attached hydrogens (tertiary/aromatic N) is 3. The third-order valence-corrected chi connectivity index (χ3v) is 6.76. The second kappa shape index (κ2) is 10.6. The fraction of sp³-hybridized carbons (Fsp3) is 0.393. The number of carboxylic acid groups (broad SMARTS) is 1. The highest BCUT2D eigenvalue weighted by molar-refractivity contribution is 5.84. The Balaban J connectivity index is 1.61. The molecular formula is C28H31F2N3O3. The van der Waals surface area contributed by atoms with Crippen LogP contribution < -0.4 is 9.64 Å². The summed E-state index contributed by atoms with van der Waals surface area (Å²) in [6.07, 6.45) is 5.36. The first-order valence-corrected chi connectivity index (χ1v) is 12.1. The average molecular weight is 496 g/mol. The quantitative estimate of drug-likeness (QED) is 0.438. The van der Waals surface area contributed by atoms with Crippen LogP contribution in [0.25, 0.3) is 11.1 Å². The van der Waals surface area contributed by atoms with Crippen LogP contribution in [0, 0.1) is 24.0 Å². The van der Waals surface area contributed by atoms with E-state index in [0.29, 0.717) is 28.8 Å². The van der Waals surface area contributed by atoms with E-state index >= 15 is 4.39 Å². The van der Waals surface area contributed by atoms with Crippen LogP contribution in [0.3, 0.4) is 0 Å². The van der Waals surface area contributed by atoms with E-state index < -0.39 is 11.8 Å². The van der Waals surface area contributed by atoms with Gasteiger partial charge in [-0.15, -0.1) is 0 Å². The first-order chi connectivity index (χ1) is 17.1. The number of piperidine rings is 1. The molecule has 1 aliphatic rings. The standard InChI is InChI=1S/C28H31F2N3O3/c1-18-22(15-25(34)35)26(33-10-8-28(2,3)9-11-33)23(17-31-18)20-14-24(30)27(32-16-20)36-12-7-19-5-4-6-21(29)13-19/h4-6,13-14,16-17H,7-12,15H2,1-3H3,(H,34,35). The molecule has 0 amide bonds. The van der Waals surface area contributed by atoms with E-state index in [1.165, 1.54) is 24.4 Å². The molecule has 0 saturated carbocycles. The van der Waals surface area contributed by atoms with Gasteiger partial charge >= 0.3 is 5.97 Å². The Kier molecular flexibility index (Phi) is 7.52. The number of hydrogen-bond donors (Lipinski definition) is 1. The lowest BCUT2D eigenvalue weighted by molar-refractivity contribution is -0.136. The van der Waals surface area contributed by atoms with Gasteiger partial charge in [-0.05, 0) is 48.9 Å². The van der Waals surface area contributed by atoms with Crippen molar-refractivity contribution in [2.24, 2.45) is 5.41 Å². The molecule has 1 aliphatic heterocycles. The molecule has 3 heterocycles. The fourth-order valence-corrected chi connectivity index (χ4v) is 4.54. The molecule has 0 bridgehead atoms. The van der Waals surface area contributed by atoms with Gasteiger partial charge in [0.2, 0.25) is 5.88 Å². The maximum absolute atomic E-state index is 15.0. The molecule has 36 heavy (non-hydrogen) atoms. The number of benzene rings is 1. The van der Waals surface area contributed by atoms with E-state index in [9.17, 15) is 14.3 Å². The third-order valence-electron chi connectivity index (χ3n) is 6.76. The number of aromatic nitrogens is 2. The number of rotatable bonds is 8. The summed E-state index contributed by atoms with van der Waals surface area (Å²) in [5.41, 5.74) is 4.17. The Bertz CT molecular complexity index is 1250. The van der Waals surface area contributed by atoms with Crippen molar-refractivity contribution in [2.75, 3.05) is 24.6 Å². The molecule has 0 spiro atoms. The normalized spacial score (nSPS) is 15.1. The number of carbonyl (C=O) groups is 1. The highest BCUT2D eigenvalue weighted by atomic mass is 19.1. The number of anilines is 1. The molecular weight excluding hydrogens is 464 g/mol. The van der Waals surface area contributed by atoms with Crippen LogP contribution in [0.5, 0.6) is 5.88 Å². The van der Waals surface area contributed by atoms with E-state index in [4.69, 9.17) is 4.74 Å². The van der Waals surface area contributed by atoms with Crippen LogP contribution in [0.2, 0.25) is 0 Å². The maximum atomic E-state index is 15.0. The summed E-state index contributed by atoms with van der Waals surface area (Å²) in [6, 6.07) is 7.53. The second-order valence-electron chi connectivity index (χ2n) is 10.0. The number of aliphatic carboxylic acids is 1. The molecule has 3 aromatic rings. The predicted octanol–water partition coefficient (Wildman–Crippen LogP) is 5.61. The number of pyridine rings is 2. The Morgan fingerprint density at radius 1 is 1.14 bits per heavy atom. The van der Waals surface area contributed by atoms with Gasteiger partial charge < -0.3 is 14.7 Å². The number of hydrogen-bond acceptors (Lipinski definition) is 5. The molecule has 1 saturated heterocycles. The van der Waals surface area contributed by atoms with Crippen molar-refractivity contribution in [1.29, 1.82) is 0 Å². The van der Waals surface area contributed by atoms with Crippen LogP contribution >= 0.6 is 0 Å². The monoisotopic (exact) mass is 495 g/mol. The predicted molar refractivity (Wildman–Crippen MR) is 134 cm³/mol. The van der Waals surface area contributed by atoms with E-state index in [1.807, 2.05) is 0 Å². The molecule has 6 nitrogen and oxygen atoms in total. The van der Waals surface area contributed by atoms with Gasteiger partial charge in [-0.1, -0.05) is 26.0 Å². The smallest absolute Gasteiger partial charge is 0.307 e. The Morgan fingerprint density at radius 3 is 2.56 bits per heavy atom. The van der Waals surface area contributed by atoms with Gasteiger partial charge in [0.1, 0.15) is 5.82 Å². The second-order valence-corrected chi connectivity index (χ2v) is 10.0. The van der Waals surface area contributed by atoms with Gasteiger partial charge in [-0.25, -0.2) is 13.8 Å². The Morgan fingerprint density at radius 2 is 1.89 bits per heavy atom. The SMILES string of the molecule is Cc1ncc(-c2cnc(OCCc3cccc(F)c3)c(F)c2)c(N2CCC(C)(C)CC2)c1CC(=O)O. The highest BCUT2D eigenvalue weighted by Gasteiger charge is 2.29. The minimum Gasteiger partial charge on any atom is -0.481 e. The van der Waals surface area contributed by atoms with E-state index in [0.717, 1.165) is 37.2 Å². The fourth-order valence-electron chi connectivity index (χ4n) is 4.54. The van der Waals surface area contributed by atoms with Crippen molar-refractivity contribution in [3.63, 3.8) is 0 Å². The zero-order valence-corrected chi connectivity index (χ0v) is 20.9. The van der Waals surface area contributed by atoms with Crippen LogP contribution in [-0.2, 0) is 17.6 Å². The lowest BCUT2D eigenvalue weighted by atomic mass is 9.82. The minimum absolute atomic E-state index is 0.137. The van der Waals surface area contributed by atoms with Crippen LogP contribution in [0.15, 0.2) is 42.7 Å². The molecule has 1 aromatic carbocycles. The summed E-state index contributed by atoms with van der Waals surface area (Å²) in [6.45, 7) is 7.95. The largest absolute Gasteiger partial charge is 0.481 e. The Hall–Kier alpha value is -3.55. The number of ether oxygens (including phenoxy) is 1. The first kappa shape index (κ1) is 25.5. The number of halogens is 2. The van der Waals surface area contributed by atoms with Crippen molar-refractivity contribution in [3.8, 4) is 17.0 Å². The summed E-state index contributed by atoms with van der Waals surface area (Å²) in [5, 5.41) is 9.56. The Labute approximate surface area is 210 Å². The molecule has 8 heteroatoms. The molecule has 1 fully saturated rings. The summed E-state index contributed by atoms with van der Waals surface area (Å²) in [5.74, 6) is -2.04. The van der Waals surface area contributed by atoms with Crippen molar-refractivity contribution >= 4 is 11.7 Å². The molecule has 1 N–H and O–H groups in total. The number of aryl methyl sites for hydroxylation is 1. The van der Waals surface area contributed by atoms with E-state index in [1.54, 1.807) is 25.3 Å². The van der Waals surface area contributed by atoms with Crippen molar-refractivity contribution in [2.45, 2.75) is 46.5 Å². The van der Waals surface area contributed by atoms with Gasteiger partial charge in [0.15, 0.2) is 5.82 Å². The van der Waals surface area contributed by atoms with Gasteiger partial charge in [0.05, 0.1) is 18.7 Å². The molecule has 0 unspecified atom stereocenters. The third kappa shape index (κ3) is 5.98. The van der Waals surface area contributed by atoms with Crippen LogP contribution in [0.4, 0.5) is 14.5 Å². The van der Waals surface area contributed by atoms with Crippen LogP contribution in [0.1, 0.15) is 43.5 Å².